The normalized spacial score (nSPS) is 24.0. The van der Waals surface area contributed by atoms with Crippen LogP contribution in [-0.4, -0.2) is 43.0 Å². The number of hydrogen-bond donors (Lipinski definition) is 1. The minimum atomic E-state index is -0.0829. The van der Waals surface area contributed by atoms with E-state index in [0.29, 0.717) is 42.0 Å². The maximum atomic E-state index is 12.5. The number of nitrogens with one attached hydrogen (secondary N) is 1. The second-order valence-corrected chi connectivity index (χ2v) is 7.44. The van der Waals surface area contributed by atoms with Gasteiger partial charge in [-0.15, -0.1) is 0 Å². The molecule has 0 radical (unpaired) electrons. The van der Waals surface area contributed by atoms with E-state index in [0.717, 1.165) is 25.7 Å². The summed E-state index contributed by atoms with van der Waals surface area (Å²) in [5.74, 6) is 0.117. The van der Waals surface area contributed by atoms with Crippen molar-refractivity contribution in [3.05, 3.63) is 28.2 Å². The molecule has 1 aromatic rings. The molecule has 25 heavy (non-hydrogen) atoms. The number of amides is 2. The largest absolute Gasteiger partial charge is 0.378 e. The zero-order valence-corrected chi connectivity index (χ0v) is 15.5. The first-order valence-corrected chi connectivity index (χ1v) is 9.42. The second kappa shape index (κ2) is 8.39. The molecule has 2 fully saturated rings. The molecule has 0 bridgehead atoms. The lowest BCUT2D eigenvalue weighted by Gasteiger charge is -2.33. The van der Waals surface area contributed by atoms with Gasteiger partial charge < -0.3 is 15.0 Å². The highest BCUT2D eigenvalue weighted by Gasteiger charge is 2.32. The van der Waals surface area contributed by atoms with Crippen LogP contribution in [0.4, 0.5) is 5.69 Å². The standard InChI is InChI=1S/C18H22Cl2N2O3/c19-14-5-6-16(15(20)11-14)21-17(23)12-1-3-13(4-2-12)18(24)22-7-9-25-10-8-22/h5-6,11-13H,1-4,7-10H2,(H,21,23). The van der Waals surface area contributed by atoms with Gasteiger partial charge in [0.15, 0.2) is 0 Å². The number of halogens is 2. The third kappa shape index (κ3) is 4.66. The van der Waals surface area contributed by atoms with Crippen molar-refractivity contribution in [2.24, 2.45) is 11.8 Å². The number of morpholine rings is 1. The number of carbonyl (C=O) groups is 2. The Hall–Kier alpha value is -1.30. The molecule has 1 N–H and O–H groups in total. The molecule has 0 aromatic heterocycles. The van der Waals surface area contributed by atoms with Crippen molar-refractivity contribution < 1.29 is 14.3 Å². The van der Waals surface area contributed by atoms with E-state index in [-0.39, 0.29) is 23.7 Å². The highest BCUT2D eigenvalue weighted by molar-refractivity contribution is 6.36. The van der Waals surface area contributed by atoms with Crippen molar-refractivity contribution in [1.82, 2.24) is 4.90 Å². The van der Waals surface area contributed by atoms with Crippen LogP contribution in [0.2, 0.25) is 10.0 Å². The lowest BCUT2D eigenvalue weighted by atomic mass is 9.81. The van der Waals surface area contributed by atoms with Gasteiger partial charge in [-0.25, -0.2) is 0 Å². The van der Waals surface area contributed by atoms with Gasteiger partial charge in [0.2, 0.25) is 11.8 Å². The maximum Gasteiger partial charge on any atom is 0.227 e. The Bertz CT molecular complexity index is 639. The topological polar surface area (TPSA) is 58.6 Å². The molecule has 5 nitrogen and oxygen atoms in total. The van der Waals surface area contributed by atoms with Crippen molar-refractivity contribution >= 4 is 40.7 Å². The molecular formula is C18H22Cl2N2O3. The molecule has 1 aliphatic carbocycles. The molecule has 3 rings (SSSR count). The molecule has 2 aliphatic rings. The van der Waals surface area contributed by atoms with E-state index in [1.165, 1.54) is 0 Å². The van der Waals surface area contributed by atoms with Crippen molar-refractivity contribution in [2.75, 3.05) is 31.6 Å². The van der Waals surface area contributed by atoms with Crippen LogP contribution in [0.1, 0.15) is 25.7 Å². The highest BCUT2D eigenvalue weighted by Crippen LogP contribution is 2.32. The summed E-state index contributed by atoms with van der Waals surface area (Å²) in [6.07, 6.45) is 2.95. The number of carbonyl (C=O) groups excluding carboxylic acids is 2. The first-order valence-electron chi connectivity index (χ1n) is 8.67. The van der Waals surface area contributed by atoms with Crippen molar-refractivity contribution in [1.29, 1.82) is 0 Å². The molecule has 0 spiro atoms. The number of hydrogen-bond acceptors (Lipinski definition) is 3. The van der Waals surface area contributed by atoms with Gasteiger partial charge in [-0.1, -0.05) is 23.2 Å². The molecular weight excluding hydrogens is 363 g/mol. The lowest BCUT2D eigenvalue weighted by molar-refractivity contribution is -0.141. The van der Waals surface area contributed by atoms with Gasteiger partial charge in [0, 0.05) is 29.9 Å². The molecule has 1 saturated carbocycles. The smallest absolute Gasteiger partial charge is 0.227 e. The Labute approximate surface area is 157 Å². The summed E-state index contributed by atoms with van der Waals surface area (Å²) < 4.78 is 5.29. The van der Waals surface area contributed by atoms with Crippen LogP contribution in [0, 0.1) is 11.8 Å². The number of nitrogens with zero attached hydrogens (tertiary/aromatic N) is 1. The number of ether oxygens (including phenoxy) is 1. The zero-order valence-electron chi connectivity index (χ0n) is 14.0. The first kappa shape index (κ1) is 18.5. The van der Waals surface area contributed by atoms with Crippen LogP contribution in [-0.2, 0) is 14.3 Å². The number of benzene rings is 1. The van der Waals surface area contributed by atoms with E-state index in [4.69, 9.17) is 27.9 Å². The highest BCUT2D eigenvalue weighted by atomic mass is 35.5. The van der Waals surface area contributed by atoms with Crippen molar-refractivity contribution in [2.45, 2.75) is 25.7 Å². The fourth-order valence-corrected chi connectivity index (χ4v) is 3.93. The number of anilines is 1. The van der Waals surface area contributed by atoms with Gasteiger partial charge in [-0.05, 0) is 43.9 Å². The molecule has 1 saturated heterocycles. The number of rotatable bonds is 3. The van der Waals surface area contributed by atoms with Crippen molar-refractivity contribution in [3.63, 3.8) is 0 Å². The monoisotopic (exact) mass is 384 g/mol. The summed E-state index contributed by atoms with van der Waals surface area (Å²) in [6, 6.07) is 5.01. The predicted molar refractivity (Wildman–Crippen MR) is 97.9 cm³/mol. The second-order valence-electron chi connectivity index (χ2n) is 6.60. The van der Waals surface area contributed by atoms with Gasteiger partial charge in [-0.2, -0.15) is 0 Å². The van der Waals surface area contributed by atoms with E-state index in [2.05, 4.69) is 5.32 Å². The summed E-state index contributed by atoms with van der Waals surface area (Å²) >= 11 is 12.0. The molecule has 2 amide bonds. The molecule has 1 heterocycles. The minimum Gasteiger partial charge on any atom is -0.378 e. The minimum absolute atomic E-state index is 0.0290. The summed E-state index contributed by atoms with van der Waals surface area (Å²) in [5, 5.41) is 3.83. The van der Waals surface area contributed by atoms with Crippen LogP contribution in [0.3, 0.4) is 0 Å². The van der Waals surface area contributed by atoms with Crippen LogP contribution < -0.4 is 5.32 Å². The Morgan fingerprint density at radius 2 is 1.68 bits per heavy atom. The SMILES string of the molecule is O=C(Nc1ccc(Cl)cc1Cl)C1CCC(C(=O)N2CCOCC2)CC1. The fraction of sp³-hybridized carbons (Fsp3) is 0.556. The third-order valence-electron chi connectivity index (χ3n) is 4.96. The summed E-state index contributed by atoms with van der Waals surface area (Å²) in [7, 11) is 0. The van der Waals surface area contributed by atoms with Gasteiger partial charge >= 0.3 is 0 Å². The maximum absolute atomic E-state index is 12.5. The zero-order chi connectivity index (χ0) is 17.8. The van der Waals surface area contributed by atoms with E-state index in [9.17, 15) is 9.59 Å². The van der Waals surface area contributed by atoms with Crippen LogP contribution in [0.5, 0.6) is 0 Å². The molecule has 1 aromatic carbocycles. The van der Waals surface area contributed by atoms with E-state index in [1.807, 2.05) is 4.90 Å². The molecule has 0 atom stereocenters. The third-order valence-corrected chi connectivity index (χ3v) is 5.51. The molecule has 0 unspecified atom stereocenters. The van der Waals surface area contributed by atoms with Gasteiger partial charge in [-0.3, -0.25) is 9.59 Å². The fourth-order valence-electron chi connectivity index (χ4n) is 3.47. The first-order chi connectivity index (χ1) is 12.0. The summed E-state index contributed by atoms with van der Waals surface area (Å²) in [5.41, 5.74) is 0.572. The Morgan fingerprint density at radius 3 is 2.32 bits per heavy atom. The Balaban J connectivity index is 1.51. The Kier molecular flexibility index (Phi) is 6.20. The van der Waals surface area contributed by atoms with E-state index in [1.54, 1.807) is 18.2 Å². The van der Waals surface area contributed by atoms with Gasteiger partial charge in [0.05, 0.1) is 23.9 Å². The summed E-state index contributed by atoms with van der Waals surface area (Å²) in [6.45, 7) is 2.58. The van der Waals surface area contributed by atoms with Gasteiger partial charge in [0.25, 0.3) is 0 Å². The average molecular weight is 385 g/mol. The van der Waals surface area contributed by atoms with Crippen molar-refractivity contribution in [3.8, 4) is 0 Å². The Morgan fingerprint density at radius 1 is 1.04 bits per heavy atom. The van der Waals surface area contributed by atoms with Crippen LogP contribution in [0.25, 0.3) is 0 Å². The van der Waals surface area contributed by atoms with Gasteiger partial charge in [0.1, 0.15) is 0 Å². The average Bonchev–Trinajstić information content (AvgIpc) is 2.64. The van der Waals surface area contributed by atoms with Crippen LogP contribution >= 0.6 is 23.2 Å². The molecule has 136 valence electrons. The van der Waals surface area contributed by atoms with E-state index >= 15 is 0 Å². The predicted octanol–water partition coefficient (Wildman–Crippen LogP) is 3.60. The quantitative estimate of drug-likeness (QED) is 0.865. The molecule has 7 heteroatoms. The lowest BCUT2D eigenvalue weighted by Crippen LogP contribution is -2.44. The van der Waals surface area contributed by atoms with Crippen LogP contribution in [0.15, 0.2) is 18.2 Å². The molecule has 1 aliphatic heterocycles. The van der Waals surface area contributed by atoms with E-state index < -0.39 is 0 Å². The summed E-state index contributed by atoms with van der Waals surface area (Å²) in [4.78, 5) is 26.9.